The van der Waals surface area contributed by atoms with Crippen molar-refractivity contribution in [3.8, 4) is 0 Å². The van der Waals surface area contributed by atoms with Crippen molar-refractivity contribution in [1.82, 2.24) is 9.21 Å². The van der Waals surface area contributed by atoms with Gasteiger partial charge in [-0.2, -0.15) is 4.31 Å². The van der Waals surface area contributed by atoms with E-state index in [1.54, 1.807) is 4.90 Å². The van der Waals surface area contributed by atoms with Gasteiger partial charge < -0.3 is 9.84 Å². The molecule has 0 bridgehead atoms. The number of carboxylic acids is 1. The van der Waals surface area contributed by atoms with Crippen molar-refractivity contribution in [2.75, 3.05) is 26.2 Å². The fourth-order valence-electron chi connectivity index (χ4n) is 2.78. The fraction of sp³-hybridized carbons (Fsp3) is 0.429. The van der Waals surface area contributed by atoms with Gasteiger partial charge in [-0.05, 0) is 17.7 Å². The summed E-state index contributed by atoms with van der Waals surface area (Å²) in [5.41, 5.74) is 0.538. The zero-order valence-corrected chi connectivity index (χ0v) is 13.0. The maximum absolute atomic E-state index is 12.7. The van der Waals surface area contributed by atoms with E-state index in [1.807, 2.05) is 0 Å². The van der Waals surface area contributed by atoms with Gasteiger partial charge in [-0.1, -0.05) is 12.1 Å². The van der Waals surface area contributed by atoms with E-state index in [9.17, 15) is 18.0 Å². The Hall–Kier alpha value is -2.13. The van der Waals surface area contributed by atoms with Gasteiger partial charge in [0, 0.05) is 19.6 Å². The lowest BCUT2D eigenvalue weighted by Crippen LogP contribution is -2.53. The van der Waals surface area contributed by atoms with Crippen molar-refractivity contribution in [2.45, 2.75) is 17.4 Å². The summed E-state index contributed by atoms with van der Waals surface area (Å²) in [6.07, 6.45) is -0.550. The van der Waals surface area contributed by atoms with Crippen LogP contribution in [0.4, 0.5) is 4.79 Å². The van der Waals surface area contributed by atoms with Gasteiger partial charge >= 0.3 is 12.1 Å². The van der Waals surface area contributed by atoms with Crippen molar-refractivity contribution >= 4 is 22.1 Å². The Morgan fingerprint density at radius 2 is 1.96 bits per heavy atom. The molecule has 0 spiro atoms. The van der Waals surface area contributed by atoms with E-state index in [4.69, 9.17) is 9.84 Å². The van der Waals surface area contributed by atoms with E-state index in [0.29, 0.717) is 12.1 Å². The van der Waals surface area contributed by atoms with Crippen LogP contribution in [0.25, 0.3) is 0 Å². The van der Waals surface area contributed by atoms with E-state index in [2.05, 4.69) is 0 Å². The van der Waals surface area contributed by atoms with Crippen LogP contribution in [0, 0.1) is 0 Å². The highest BCUT2D eigenvalue weighted by Crippen LogP contribution is 2.23. The maximum atomic E-state index is 12.7. The monoisotopic (exact) mass is 340 g/mol. The van der Waals surface area contributed by atoms with E-state index in [0.717, 1.165) is 0 Å². The van der Waals surface area contributed by atoms with Gasteiger partial charge in [0.15, 0.2) is 0 Å². The Morgan fingerprint density at radius 3 is 2.61 bits per heavy atom. The van der Waals surface area contributed by atoms with Gasteiger partial charge in [0.1, 0.15) is 6.61 Å². The first-order chi connectivity index (χ1) is 10.9. The highest BCUT2D eigenvalue weighted by atomic mass is 32.2. The predicted octanol–water partition coefficient (Wildman–Crippen LogP) is 0.139. The molecule has 3 rings (SSSR count). The average Bonchev–Trinajstić information content (AvgIpc) is 2.88. The van der Waals surface area contributed by atoms with E-state index >= 15 is 0 Å². The number of sulfonamides is 1. The molecule has 8 nitrogen and oxygen atoms in total. The lowest BCUT2D eigenvalue weighted by molar-refractivity contribution is -0.136. The number of piperazine rings is 1. The number of fused-ring (bicyclic) bond motifs is 1. The Morgan fingerprint density at radius 1 is 1.26 bits per heavy atom. The Bertz CT molecular complexity index is 730. The third-order valence-corrected chi connectivity index (χ3v) is 5.88. The second-order valence-corrected chi connectivity index (χ2v) is 7.44. The van der Waals surface area contributed by atoms with Gasteiger partial charge in [-0.25, -0.2) is 13.2 Å². The molecule has 1 atom stereocenters. The summed E-state index contributed by atoms with van der Waals surface area (Å²) in [5, 5.41) is 8.74. The minimum Gasteiger partial charge on any atom is -0.481 e. The molecule has 0 radical (unpaired) electrons. The summed E-state index contributed by atoms with van der Waals surface area (Å²) in [4.78, 5) is 23.8. The van der Waals surface area contributed by atoms with Crippen LogP contribution in [0.3, 0.4) is 0 Å². The van der Waals surface area contributed by atoms with Crippen LogP contribution in [0.2, 0.25) is 0 Å². The maximum Gasteiger partial charge on any atom is 0.410 e. The first-order valence-electron chi connectivity index (χ1n) is 7.12. The number of ether oxygens (including phenoxy) is 1. The number of rotatable bonds is 4. The number of carbonyl (C=O) groups excluding carboxylic acids is 1. The summed E-state index contributed by atoms with van der Waals surface area (Å²) in [6, 6.07) is 5.57. The number of amides is 1. The molecule has 124 valence electrons. The first kappa shape index (κ1) is 15.8. The summed E-state index contributed by atoms with van der Waals surface area (Å²) < 4.78 is 31.6. The molecule has 1 aromatic rings. The molecule has 2 aliphatic rings. The molecule has 0 unspecified atom stereocenters. The molecule has 0 aliphatic carbocycles. The SMILES string of the molecule is O=C(O)Cc1ccc(S(=O)(=O)N2CCN3C(=O)OC[C@@H]3C2)cc1. The Balaban J connectivity index is 1.76. The van der Waals surface area contributed by atoms with Crippen molar-refractivity contribution in [3.63, 3.8) is 0 Å². The van der Waals surface area contributed by atoms with Crippen molar-refractivity contribution < 1.29 is 27.9 Å². The van der Waals surface area contributed by atoms with Crippen LogP contribution < -0.4 is 0 Å². The molecule has 0 aromatic heterocycles. The quantitative estimate of drug-likeness (QED) is 0.836. The highest BCUT2D eigenvalue weighted by Gasteiger charge is 2.41. The lowest BCUT2D eigenvalue weighted by atomic mass is 10.2. The molecule has 9 heteroatoms. The standard InChI is InChI=1S/C14H16N2O6S/c17-13(18)7-10-1-3-12(4-2-10)23(20,21)15-5-6-16-11(8-15)9-22-14(16)19/h1-4,11H,5-9H2,(H,17,18)/t11-/m0/s1. The molecule has 2 heterocycles. The normalized spacial score (nSPS) is 21.8. The van der Waals surface area contributed by atoms with Gasteiger partial charge in [0.2, 0.25) is 10.0 Å². The number of carboxylic acid groups (broad SMARTS) is 1. The summed E-state index contributed by atoms with van der Waals surface area (Å²) >= 11 is 0. The van der Waals surface area contributed by atoms with Crippen LogP contribution in [-0.4, -0.2) is 67.1 Å². The van der Waals surface area contributed by atoms with Crippen molar-refractivity contribution in [1.29, 1.82) is 0 Å². The minimum absolute atomic E-state index is 0.116. The second kappa shape index (κ2) is 5.82. The second-order valence-electron chi connectivity index (χ2n) is 5.50. The molecular weight excluding hydrogens is 324 g/mol. The van der Waals surface area contributed by atoms with Crippen LogP contribution in [0.15, 0.2) is 29.2 Å². The summed E-state index contributed by atoms with van der Waals surface area (Å²) in [7, 11) is -3.67. The average molecular weight is 340 g/mol. The lowest BCUT2D eigenvalue weighted by Gasteiger charge is -2.34. The third kappa shape index (κ3) is 3.02. The van der Waals surface area contributed by atoms with E-state index < -0.39 is 22.1 Å². The van der Waals surface area contributed by atoms with E-state index in [1.165, 1.54) is 28.6 Å². The van der Waals surface area contributed by atoms with Crippen LogP contribution >= 0.6 is 0 Å². The molecule has 1 aromatic carbocycles. The molecule has 1 N–H and O–H groups in total. The number of hydrogen-bond donors (Lipinski definition) is 1. The molecule has 2 aliphatic heterocycles. The molecule has 1 amide bonds. The van der Waals surface area contributed by atoms with Gasteiger partial charge in [0.25, 0.3) is 0 Å². The summed E-state index contributed by atoms with van der Waals surface area (Å²) in [5.74, 6) is -0.970. The third-order valence-electron chi connectivity index (χ3n) is 4.00. The fourth-order valence-corrected chi connectivity index (χ4v) is 4.25. The van der Waals surface area contributed by atoms with Crippen molar-refractivity contribution in [3.05, 3.63) is 29.8 Å². The Kier molecular flexibility index (Phi) is 3.99. The highest BCUT2D eigenvalue weighted by molar-refractivity contribution is 7.89. The van der Waals surface area contributed by atoms with Gasteiger partial charge in [-0.15, -0.1) is 0 Å². The Labute approximate surface area is 133 Å². The smallest absolute Gasteiger partial charge is 0.410 e. The molecule has 2 saturated heterocycles. The van der Waals surface area contributed by atoms with E-state index in [-0.39, 0.29) is 37.1 Å². The number of nitrogens with zero attached hydrogens (tertiary/aromatic N) is 2. The number of benzene rings is 1. The minimum atomic E-state index is -3.67. The molecule has 2 fully saturated rings. The van der Waals surface area contributed by atoms with Gasteiger partial charge in [0.05, 0.1) is 17.4 Å². The molecule has 23 heavy (non-hydrogen) atoms. The number of hydrogen-bond acceptors (Lipinski definition) is 5. The van der Waals surface area contributed by atoms with Crippen LogP contribution in [-0.2, 0) is 26.0 Å². The van der Waals surface area contributed by atoms with Gasteiger partial charge in [-0.3, -0.25) is 9.69 Å². The zero-order chi connectivity index (χ0) is 16.6. The topological polar surface area (TPSA) is 104 Å². The van der Waals surface area contributed by atoms with Crippen LogP contribution in [0.1, 0.15) is 5.56 Å². The molecular formula is C14H16N2O6S. The first-order valence-corrected chi connectivity index (χ1v) is 8.56. The van der Waals surface area contributed by atoms with Crippen LogP contribution in [0.5, 0.6) is 0 Å². The summed E-state index contributed by atoms with van der Waals surface area (Å²) in [6.45, 7) is 0.915. The number of cyclic esters (lactones) is 1. The number of aliphatic carboxylic acids is 1. The van der Waals surface area contributed by atoms with Crippen molar-refractivity contribution in [2.24, 2.45) is 0 Å². The largest absolute Gasteiger partial charge is 0.481 e. The molecule has 0 saturated carbocycles. The predicted molar refractivity (Wildman–Crippen MR) is 78.4 cm³/mol. The zero-order valence-electron chi connectivity index (χ0n) is 12.2. The number of carbonyl (C=O) groups is 2.